The Balaban J connectivity index is 1.53. The summed E-state index contributed by atoms with van der Waals surface area (Å²) < 4.78 is 7.42. The summed E-state index contributed by atoms with van der Waals surface area (Å²) in [5.74, 6) is -0.890. The van der Waals surface area contributed by atoms with Crippen molar-refractivity contribution >= 4 is 23.7 Å². The van der Waals surface area contributed by atoms with E-state index >= 15 is 0 Å². The van der Waals surface area contributed by atoms with E-state index in [0.29, 0.717) is 23.6 Å². The number of nitrogens with one attached hydrogen (secondary N) is 2. The second-order valence-electron chi connectivity index (χ2n) is 8.05. The number of ether oxygens (including phenoxy) is 1. The number of amides is 2. The van der Waals surface area contributed by atoms with E-state index in [1.165, 1.54) is 6.21 Å². The van der Waals surface area contributed by atoms with Gasteiger partial charge in [0.15, 0.2) is 0 Å². The molecule has 1 aromatic heterocycles. The van der Waals surface area contributed by atoms with E-state index in [1.807, 2.05) is 79.9 Å². The summed E-state index contributed by atoms with van der Waals surface area (Å²) in [4.78, 5) is 24.5. The Morgan fingerprint density at radius 3 is 2.42 bits per heavy atom. The molecule has 0 unspecified atom stereocenters. The van der Waals surface area contributed by atoms with Crippen LogP contribution in [0.5, 0.6) is 5.75 Å². The van der Waals surface area contributed by atoms with Gasteiger partial charge < -0.3 is 10.1 Å². The lowest BCUT2D eigenvalue weighted by Gasteiger charge is -2.06. The van der Waals surface area contributed by atoms with Crippen molar-refractivity contribution in [2.45, 2.75) is 20.3 Å². The fourth-order valence-electron chi connectivity index (χ4n) is 3.45. The van der Waals surface area contributed by atoms with Crippen molar-refractivity contribution in [1.29, 1.82) is 0 Å². The highest BCUT2D eigenvalue weighted by Crippen LogP contribution is 2.25. The van der Waals surface area contributed by atoms with Crippen LogP contribution in [0.2, 0.25) is 0 Å². The molecule has 8 nitrogen and oxygen atoms in total. The third-order valence-electron chi connectivity index (χ3n) is 5.33. The number of carbonyl (C=O) groups is 2. The number of nitrogens with zero attached hydrogens (tertiary/aromatic N) is 3. The number of para-hydroxylation sites is 2. The Labute approximate surface area is 209 Å². The zero-order valence-corrected chi connectivity index (χ0v) is 20.1. The first-order chi connectivity index (χ1) is 17.5. The van der Waals surface area contributed by atoms with Gasteiger partial charge in [0.05, 0.1) is 18.5 Å². The molecule has 4 aromatic rings. The van der Waals surface area contributed by atoms with Crippen LogP contribution in [-0.4, -0.2) is 34.4 Å². The minimum atomic E-state index is -0.871. The molecule has 0 radical (unpaired) electrons. The number of hydrazone groups is 1. The van der Waals surface area contributed by atoms with Crippen LogP contribution < -0.4 is 15.5 Å². The van der Waals surface area contributed by atoms with Gasteiger partial charge in [0, 0.05) is 23.0 Å². The molecular weight excluding hydrogens is 454 g/mol. The van der Waals surface area contributed by atoms with Crippen LogP contribution in [0.4, 0.5) is 5.69 Å². The molecule has 3 aromatic carbocycles. The normalized spacial score (nSPS) is 10.8. The number of aromatic nitrogens is 2. The quantitative estimate of drug-likeness (QED) is 0.216. The monoisotopic (exact) mass is 481 g/mol. The Hall–Kier alpha value is -4.72. The Kier molecular flexibility index (Phi) is 7.87. The molecule has 0 atom stereocenters. The van der Waals surface area contributed by atoms with E-state index in [-0.39, 0.29) is 0 Å². The van der Waals surface area contributed by atoms with Crippen LogP contribution in [0.1, 0.15) is 24.5 Å². The van der Waals surface area contributed by atoms with E-state index in [1.54, 1.807) is 16.8 Å². The molecular formula is C28H27N5O3. The molecule has 4 rings (SSSR count). The number of benzene rings is 3. The fourth-order valence-corrected chi connectivity index (χ4v) is 3.45. The van der Waals surface area contributed by atoms with Crippen LogP contribution in [0.3, 0.4) is 0 Å². The smallest absolute Gasteiger partial charge is 0.329 e. The molecule has 0 fully saturated rings. The molecule has 0 aliphatic heterocycles. The summed E-state index contributed by atoms with van der Waals surface area (Å²) in [6, 6.07) is 24.5. The third kappa shape index (κ3) is 6.04. The SMILES string of the molecule is CCCOc1ccc(-c2nn(-c3ccccc3)cc2C=NNC(=O)C(=O)Nc2ccccc2C)cc1. The van der Waals surface area contributed by atoms with Crippen LogP contribution in [0.15, 0.2) is 90.2 Å². The summed E-state index contributed by atoms with van der Waals surface area (Å²) in [5, 5.41) is 11.3. The van der Waals surface area contributed by atoms with E-state index in [9.17, 15) is 9.59 Å². The maximum absolute atomic E-state index is 12.3. The summed E-state index contributed by atoms with van der Waals surface area (Å²) in [7, 11) is 0. The van der Waals surface area contributed by atoms with Crippen LogP contribution in [-0.2, 0) is 9.59 Å². The summed E-state index contributed by atoms with van der Waals surface area (Å²) in [5.41, 5.74) is 6.79. The van der Waals surface area contributed by atoms with Gasteiger partial charge in [-0.05, 0) is 61.4 Å². The average molecular weight is 482 g/mol. The predicted octanol–water partition coefficient (Wildman–Crippen LogP) is 4.73. The van der Waals surface area contributed by atoms with Crippen molar-refractivity contribution < 1.29 is 14.3 Å². The molecule has 0 saturated heterocycles. The molecule has 0 aliphatic carbocycles. The Bertz CT molecular complexity index is 1360. The second-order valence-corrected chi connectivity index (χ2v) is 8.05. The van der Waals surface area contributed by atoms with E-state index in [2.05, 4.69) is 22.8 Å². The number of hydrogen-bond donors (Lipinski definition) is 2. The maximum Gasteiger partial charge on any atom is 0.329 e. The zero-order valence-electron chi connectivity index (χ0n) is 20.1. The number of carbonyl (C=O) groups excluding carboxylic acids is 2. The van der Waals surface area contributed by atoms with Crippen LogP contribution >= 0.6 is 0 Å². The first-order valence-corrected chi connectivity index (χ1v) is 11.6. The number of rotatable bonds is 8. The van der Waals surface area contributed by atoms with Gasteiger partial charge in [-0.3, -0.25) is 9.59 Å². The third-order valence-corrected chi connectivity index (χ3v) is 5.33. The fraction of sp³-hybridized carbons (Fsp3) is 0.143. The molecule has 8 heteroatoms. The molecule has 0 bridgehead atoms. The molecule has 0 spiro atoms. The number of anilines is 1. The van der Waals surface area contributed by atoms with Gasteiger partial charge in [-0.1, -0.05) is 43.3 Å². The Morgan fingerprint density at radius 1 is 0.972 bits per heavy atom. The topological polar surface area (TPSA) is 97.6 Å². The average Bonchev–Trinajstić information content (AvgIpc) is 3.33. The summed E-state index contributed by atoms with van der Waals surface area (Å²) in [6.07, 6.45) is 4.22. The van der Waals surface area contributed by atoms with Crippen molar-refractivity contribution in [2.24, 2.45) is 5.10 Å². The molecule has 36 heavy (non-hydrogen) atoms. The number of hydrogen-bond acceptors (Lipinski definition) is 5. The minimum absolute atomic E-state index is 0.569. The number of aryl methyl sites for hydroxylation is 1. The van der Waals surface area contributed by atoms with Gasteiger partial charge in [-0.25, -0.2) is 10.1 Å². The molecule has 1 heterocycles. The maximum atomic E-state index is 12.3. The highest BCUT2D eigenvalue weighted by Gasteiger charge is 2.15. The highest BCUT2D eigenvalue weighted by atomic mass is 16.5. The van der Waals surface area contributed by atoms with Gasteiger partial charge in [0.25, 0.3) is 0 Å². The largest absolute Gasteiger partial charge is 0.494 e. The molecule has 0 aliphatic rings. The first-order valence-electron chi connectivity index (χ1n) is 11.6. The molecule has 0 saturated carbocycles. The van der Waals surface area contributed by atoms with Crippen molar-refractivity contribution in [3.63, 3.8) is 0 Å². The lowest BCUT2D eigenvalue weighted by Crippen LogP contribution is -2.32. The van der Waals surface area contributed by atoms with Crippen molar-refractivity contribution in [3.05, 3.63) is 96.2 Å². The Morgan fingerprint density at radius 2 is 1.69 bits per heavy atom. The van der Waals surface area contributed by atoms with Crippen molar-refractivity contribution in [3.8, 4) is 22.7 Å². The van der Waals surface area contributed by atoms with E-state index in [4.69, 9.17) is 9.84 Å². The highest BCUT2D eigenvalue weighted by molar-refractivity contribution is 6.39. The zero-order chi connectivity index (χ0) is 25.3. The van der Waals surface area contributed by atoms with E-state index < -0.39 is 11.8 Å². The summed E-state index contributed by atoms with van der Waals surface area (Å²) >= 11 is 0. The van der Waals surface area contributed by atoms with Gasteiger partial charge in [-0.15, -0.1) is 0 Å². The molecule has 2 N–H and O–H groups in total. The first kappa shape index (κ1) is 24.4. The van der Waals surface area contributed by atoms with Crippen LogP contribution in [0.25, 0.3) is 16.9 Å². The molecule has 2 amide bonds. The van der Waals surface area contributed by atoms with Crippen molar-refractivity contribution in [2.75, 3.05) is 11.9 Å². The van der Waals surface area contributed by atoms with Crippen LogP contribution in [0, 0.1) is 6.92 Å². The van der Waals surface area contributed by atoms with Gasteiger partial charge in [0.1, 0.15) is 11.4 Å². The minimum Gasteiger partial charge on any atom is -0.494 e. The second kappa shape index (κ2) is 11.6. The molecule has 182 valence electrons. The standard InChI is InChI=1S/C28H27N5O3/c1-3-17-36-24-15-13-21(14-16-24)26-22(19-33(32-26)23-10-5-4-6-11-23)18-29-31-28(35)27(34)30-25-12-8-7-9-20(25)2/h4-16,18-19H,3,17H2,1-2H3,(H,30,34)(H,31,35). The summed E-state index contributed by atoms with van der Waals surface area (Å²) in [6.45, 7) is 4.55. The lowest BCUT2D eigenvalue weighted by molar-refractivity contribution is -0.136. The van der Waals surface area contributed by atoms with Gasteiger partial charge >= 0.3 is 11.8 Å². The van der Waals surface area contributed by atoms with E-state index in [0.717, 1.165) is 29.0 Å². The predicted molar refractivity (Wildman–Crippen MR) is 140 cm³/mol. The van der Waals surface area contributed by atoms with Gasteiger partial charge in [0.2, 0.25) is 0 Å². The van der Waals surface area contributed by atoms with Gasteiger partial charge in [-0.2, -0.15) is 10.2 Å². The lowest BCUT2D eigenvalue weighted by atomic mass is 10.1. The van der Waals surface area contributed by atoms with Crippen molar-refractivity contribution in [1.82, 2.24) is 15.2 Å².